The van der Waals surface area contributed by atoms with E-state index in [0.717, 1.165) is 16.8 Å². The van der Waals surface area contributed by atoms with E-state index in [1.807, 2.05) is 32.0 Å². The van der Waals surface area contributed by atoms with Crippen molar-refractivity contribution in [2.75, 3.05) is 12.4 Å². The molecule has 0 saturated heterocycles. The highest BCUT2D eigenvalue weighted by Crippen LogP contribution is 2.53. The lowest BCUT2D eigenvalue weighted by atomic mass is 9.70. The Labute approximate surface area is 147 Å². The number of methoxy groups -OCH3 is 1. The van der Waals surface area contributed by atoms with Crippen molar-refractivity contribution in [1.82, 2.24) is 0 Å². The van der Waals surface area contributed by atoms with E-state index in [1.165, 1.54) is 19.1 Å². The standard InChI is InChI=1S/C20H22FNO3/c1-12(23)25-19-16-11-15(24-4)9-10-17(16)22-18(20(19,2)3)13-5-7-14(21)8-6-13/h5-11,18-19,22H,1-4H3/t18-,19+/m0/s1. The summed E-state index contributed by atoms with van der Waals surface area (Å²) in [6.07, 6.45) is -0.452. The van der Waals surface area contributed by atoms with Crippen LogP contribution in [0.15, 0.2) is 42.5 Å². The molecule has 0 aliphatic carbocycles. The largest absolute Gasteiger partial charge is 0.497 e. The fourth-order valence-electron chi connectivity index (χ4n) is 3.46. The number of hydrogen-bond acceptors (Lipinski definition) is 4. The molecule has 2 aromatic rings. The van der Waals surface area contributed by atoms with E-state index in [0.29, 0.717) is 5.75 Å². The van der Waals surface area contributed by atoms with Gasteiger partial charge in [0.25, 0.3) is 0 Å². The smallest absolute Gasteiger partial charge is 0.303 e. The van der Waals surface area contributed by atoms with Crippen LogP contribution in [0.1, 0.15) is 44.0 Å². The van der Waals surface area contributed by atoms with E-state index in [4.69, 9.17) is 9.47 Å². The van der Waals surface area contributed by atoms with Crippen LogP contribution in [0.4, 0.5) is 10.1 Å². The molecule has 0 amide bonds. The summed E-state index contributed by atoms with van der Waals surface area (Å²) in [4.78, 5) is 11.7. The lowest BCUT2D eigenvalue weighted by Gasteiger charge is -2.46. The third-order valence-corrected chi connectivity index (χ3v) is 4.75. The number of esters is 1. The van der Waals surface area contributed by atoms with Crippen molar-refractivity contribution in [3.8, 4) is 5.75 Å². The maximum atomic E-state index is 13.3. The molecule has 2 atom stereocenters. The van der Waals surface area contributed by atoms with Gasteiger partial charge in [0.15, 0.2) is 0 Å². The van der Waals surface area contributed by atoms with Crippen LogP contribution in [0.2, 0.25) is 0 Å². The molecule has 1 aliphatic heterocycles. The molecule has 0 radical (unpaired) electrons. The molecular formula is C20H22FNO3. The number of hydrogen-bond donors (Lipinski definition) is 1. The first-order chi connectivity index (χ1) is 11.8. The van der Waals surface area contributed by atoms with E-state index in [1.54, 1.807) is 19.2 Å². The molecule has 1 N–H and O–H groups in total. The highest BCUT2D eigenvalue weighted by Gasteiger charge is 2.46. The Bertz CT molecular complexity index is 786. The molecule has 132 valence electrons. The second-order valence-corrected chi connectivity index (χ2v) is 6.89. The first-order valence-corrected chi connectivity index (χ1v) is 8.20. The van der Waals surface area contributed by atoms with E-state index in [9.17, 15) is 9.18 Å². The predicted octanol–water partition coefficient (Wildman–Crippen LogP) is 4.63. The Kier molecular flexibility index (Phi) is 4.41. The molecule has 0 aromatic heterocycles. The molecule has 0 bridgehead atoms. The Hall–Kier alpha value is -2.56. The highest BCUT2D eigenvalue weighted by atomic mass is 19.1. The maximum Gasteiger partial charge on any atom is 0.303 e. The van der Waals surface area contributed by atoms with E-state index < -0.39 is 11.5 Å². The van der Waals surface area contributed by atoms with Gasteiger partial charge in [0.1, 0.15) is 17.7 Å². The van der Waals surface area contributed by atoms with Crippen molar-refractivity contribution in [1.29, 1.82) is 0 Å². The number of rotatable bonds is 3. The van der Waals surface area contributed by atoms with Gasteiger partial charge in [-0.3, -0.25) is 4.79 Å². The van der Waals surface area contributed by atoms with Crippen molar-refractivity contribution < 1.29 is 18.7 Å². The molecule has 3 rings (SSSR count). The Morgan fingerprint density at radius 1 is 1.16 bits per heavy atom. The van der Waals surface area contributed by atoms with Crippen molar-refractivity contribution in [3.05, 3.63) is 59.4 Å². The molecule has 1 aliphatic rings. The van der Waals surface area contributed by atoms with Crippen LogP contribution in [0.25, 0.3) is 0 Å². The first-order valence-electron chi connectivity index (χ1n) is 8.20. The lowest BCUT2D eigenvalue weighted by Crippen LogP contribution is -2.40. The zero-order valence-electron chi connectivity index (χ0n) is 14.8. The van der Waals surface area contributed by atoms with Gasteiger partial charge in [-0.05, 0) is 35.9 Å². The van der Waals surface area contributed by atoms with Crippen molar-refractivity contribution in [3.63, 3.8) is 0 Å². The van der Waals surface area contributed by atoms with Gasteiger partial charge in [-0.1, -0.05) is 26.0 Å². The zero-order valence-corrected chi connectivity index (χ0v) is 14.8. The van der Waals surface area contributed by atoms with Gasteiger partial charge in [0, 0.05) is 23.6 Å². The third kappa shape index (κ3) is 3.18. The highest BCUT2D eigenvalue weighted by molar-refractivity contribution is 5.68. The number of fused-ring (bicyclic) bond motifs is 1. The van der Waals surface area contributed by atoms with Gasteiger partial charge >= 0.3 is 5.97 Å². The summed E-state index contributed by atoms with van der Waals surface area (Å²) in [7, 11) is 1.60. The quantitative estimate of drug-likeness (QED) is 0.826. The van der Waals surface area contributed by atoms with Gasteiger partial charge in [-0.15, -0.1) is 0 Å². The molecule has 0 spiro atoms. The summed E-state index contributed by atoms with van der Waals surface area (Å²) in [5.74, 6) is 0.0828. The van der Waals surface area contributed by atoms with Crippen LogP contribution < -0.4 is 10.1 Å². The van der Waals surface area contributed by atoms with Gasteiger partial charge in [-0.25, -0.2) is 4.39 Å². The average molecular weight is 343 g/mol. The zero-order chi connectivity index (χ0) is 18.2. The van der Waals surface area contributed by atoms with Gasteiger partial charge in [0.2, 0.25) is 0 Å². The SMILES string of the molecule is COc1ccc2c(c1)[C@@H](OC(C)=O)C(C)(C)[C@H](c1ccc(F)cc1)N2. The Morgan fingerprint density at radius 3 is 2.44 bits per heavy atom. The number of anilines is 1. The number of carbonyl (C=O) groups excluding carboxylic acids is 1. The van der Waals surface area contributed by atoms with E-state index in [-0.39, 0.29) is 17.8 Å². The van der Waals surface area contributed by atoms with Crippen molar-refractivity contribution in [2.45, 2.75) is 32.9 Å². The molecule has 25 heavy (non-hydrogen) atoms. The summed E-state index contributed by atoms with van der Waals surface area (Å²) in [5, 5.41) is 3.51. The van der Waals surface area contributed by atoms with Gasteiger partial charge < -0.3 is 14.8 Å². The number of halogens is 1. The maximum absolute atomic E-state index is 13.3. The fraction of sp³-hybridized carbons (Fsp3) is 0.350. The second kappa shape index (κ2) is 6.39. The second-order valence-electron chi connectivity index (χ2n) is 6.89. The summed E-state index contributed by atoms with van der Waals surface area (Å²) in [5.41, 5.74) is 2.23. The third-order valence-electron chi connectivity index (χ3n) is 4.75. The molecule has 0 fully saturated rings. The molecule has 4 nitrogen and oxygen atoms in total. The van der Waals surface area contributed by atoms with Crippen LogP contribution in [0, 0.1) is 11.2 Å². The lowest BCUT2D eigenvalue weighted by molar-refractivity contribution is -0.154. The molecule has 0 saturated carbocycles. The molecular weight excluding hydrogens is 321 g/mol. The topological polar surface area (TPSA) is 47.6 Å². The molecule has 2 aromatic carbocycles. The number of ether oxygens (including phenoxy) is 2. The van der Waals surface area contributed by atoms with Crippen molar-refractivity contribution >= 4 is 11.7 Å². The van der Waals surface area contributed by atoms with Crippen molar-refractivity contribution in [2.24, 2.45) is 5.41 Å². The minimum atomic E-state index is -0.455. The normalized spacial score (nSPS) is 21.0. The van der Waals surface area contributed by atoms with Crippen LogP contribution in [0.5, 0.6) is 5.75 Å². The summed E-state index contributed by atoms with van der Waals surface area (Å²) in [6, 6.07) is 11.9. The van der Waals surface area contributed by atoms with Gasteiger partial charge in [-0.2, -0.15) is 0 Å². The fourth-order valence-corrected chi connectivity index (χ4v) is 3.46. The first kappa shape index (κ1) is 17.3. The minimum absolute atomic E-state index is 0.140. The summed E-state index contributed by atoms with van der Waals surface area (Å²) in [6.45, 7) is 5.47. The van der Waals surface area contributed by atoms with Crippen LogP contribution in [0.3, 0.4) is 0 Å². The monoisotopic (exact) mass is 343 g/mol. The van der Waals surface area contributed by atoms with Crippen LogP contribution in [-0.2, 0) is 9.53 Å². The van der Waals surface area contributed by atoms with E-state index in [2.05, 4.69) is 5.32 Å². The molecule has 5 heteroatoms. The summed E-state index contributed by atoms with van der Waals surface area (Å²) >= 11 is 0. The van der Waals surface area contributed by atoms with Crippen LogP contribution in [-0.4, -0.2) is 13.1 Å². The Morgan fingerprint density at radius 2 is 1.84 bits per heavy atom. The molecule has 0 unspecified atom stereocenters. The van der Waals surface area contributed by atoms with Gasteiger partial charge in [0.05, 0.1) is 13.2 Å². The predicted molar refractivity (Wildman–Crippen MR) is 94.0 cm³/mol. The summed E-state index contributed by atoms with van der Waals surface area (Å²) < 4.78 is 24.3. The average Bonchev–Trinajstić information content (AvgIpc) is 2.57. The van der Waals surface area contributed by atoms with Crippen LogP contribution >= 0.6 is 0 Å². The number of benzene rings is 2. The minimum Gasteiger partial charge on any atom is -0.497 e. The van der Waals surface area contributed by atoms with E-state index >= 15 is 0 Å². The Balaban J connectivity index is 2.11. The molecule has 1 heterocycles. The number of carbonyl (C=O) groups is 1. The number of nitrogens with one attached hydrogen (secondary N) is 1.